The topological polar surface area (TPSA) is 85.3 Å². The normalized spacial score (nSPS) is 11.8. The van der Waals surface area contributed by atoms with Gasteiger partial charge in [-0.15, -0.1) is 5.10 Å². The molecule has 0 radical (unpaired) electrons. The van der Waals surface area contributed by atoms with Gasteiger partial charge in [-0.2, -0.15) is 0 Å². The average molecular weight is 329 g/mol. The van der Waals surface area contributed by atoms with Crippen molar-refractivity contribution in [2.24, 2.45) is 5.73 Å². The number of nitrogens with one attached hydrogen (secondary N) is 1. The molecule has 0 unspecified atom stereocenters. The number of carbonyl (C=O) groups is 1. The van der Waals surface area contributed by atoms with Crippen LogP contribution in [0.3, 0.4) is 0 Å². The Kier molecular flexibility index (Phi) is 3.81. The number of fused-ring (bicyclic) bond motifs is 1. The number of carbonyl (C=O) groups excluding carboxylic acids is 1. The Morgan fingerprint density at radius 2 is 2.00 bits per heavy atom. The number of nitrogens with two attached hydrogens (primary N) is 1. The first kappa shape index (κ1) is 15.5. The van der Waals surface area contributed by atoms with Crippen molar-refractivity contribution < 1.29 is 4.79 Å². The lowest BCUT2D eigenvalue weighted by Crippen LogP contribution is -2.11. The minimum absolute atomic E-state index is 0.0170. The quantitative estimate of drug-likeness (QED) is 0.771. The first-order chi connectivity index (χ1) is 10.8. The van der Waals surface area contributed by atoms with Gasteiger partial charge in [-0.05, 0) is 17.7 Å². The molecule has 7 heteroatoms. The molecule has 120 valence electrons. The number of anilines is 1. The minimum atomic E-state index is -0.416. The third-order valence-corrected chi connectivity index (χ3v) is 4.37. The summed E-state index contributed by atoms with van der Waals surface area (Å²) < 4.78 is 1.81. The van der Waals surface area contributed by atoms with Crippen LogP contribution in [0, 0.1) is 0 Å². The number of amides is 1. The Morgan fingerprint density at radius 3 is 2.57 bits per heavy atom. The molecule has 1 amide bonds. The fraction of sp³-hybridized carbons (Fsp3) is 0.312. The van der Waals surface area contributed by atoms with E-state index in [9.17, 15) is 4.79 Å². The molecule has 2 heterocycles. The highest BCUT2D eigenvalue weighted by Crippen LogP contribution is 2.25. The van der Waals surface area contributed by atoms with Gasteiger partial charge in [0, 0.05) is 17.5 Å². The van der Waals surface area contributed by atoms with Crippen LogP contribution in [-0.2, 0) is 12.0 Å². The van der Waals surface area contributed by atoms with Gasteiger partial charge in [-0.1, -0.05) is 44.2 Å². The average Bonchev–Trinajstić information content (AvgIpc) is 3.03. The van der Waals surface area contributed by atoms with Gasteiger partial charge in [0.05, 0.1) is 11.9 Å². The Bertz CT molecular complexity index is 810. The zero-order chi connectivity index (χ0) is 16.6. The molecule has 0 aliphatic heterocycles. The van der Waals surface area contributed by atoms with Gasteiger partial charge in [0.2, 0.25) is 16.0 Å². The van der Waals surface area contributed by atoms with Gasteiger partial charge in [-0.3, -0.25) is 4.79 Å². The fourth-order valence-corrected chi connectivity index (χ4v) is 2.87. The summed E-state index contributed by atoms with van der Waals surface area (Å²) in [5.74, 6) is -0.416. The van der Waals surface area contributed by atoms with E-state index in [1.54, 1.807) is 12.1 Å². The highest BCUT2D eigenvalue weighted by molar-refractivity contribution is 7.20. The summed E-state index contributed by atoms with van der Waals surface area (Å²) in [6, 6.07) is 7.21. The van der Waals surface area contributed by atoms with E-state index in [-0.39, 0.29) is 5.41 Å². The zero-order valence-corrected chi connectivity index (χ0v) is 14.1. The summed E-state index contributed by atoms with van der Waals surface area (Å²) in [5, 5.41) is 8.58. The molecule has 2 aromatic heterocycles. The first-order valence-corrected chi connectivity index (χ1v) is 8.14. The summed E-state index contributed by atoms with van der Waals surface area (Å²) >= 11 is 1.52. The summed E-state index contributed by atoms with van der Waals surface area (Å²) in [5.41, 5.74) is 7.84. The molecule has 6 nitrogen and oxygen atoms in total. The van der Waals surface area contributed by atoms with E-state index in [1.165, 1.54) is 11.3 Å². The van der Waals surface area contributed by atoms with Crippen molar-refractivity contribution in [3.8, 4) is 0 Å². The minimum Gasteiger partial charge on any atom is -0.366 e. The van der Waals surface area contributed by atoms with Crippen LogP contribution in [0.1, 0.15) is 42.4 Å². The lowest BCUT2D eigenvalue weighted by Gasteiger charge is -2.13. The Balaban J connectivity index is 1.69. The molecular weight excluding hydrogens is 310 g/mol. The molecule has 0 spiro atoms. The van der Waals surface area contributed by atoms with E-state index in [2.05, 4.69) is 36.2 Å². The van der Waals surface area contributed by atoms with Crippen LogP contribution < -0.4 is 11.1 Å². The maximum atomic E-state index is 11.0. The molecule has 0 saturated carbocycles. The molecule has 0 bridgehead atoms. The van der Waals surface area contributed by atoms with E-state index < -0.39 is 5.91 Å². The van der Waals surface area contributed by atoms with Crippen LogP contribution in [0.4, 0.5) is 5.13 Å². The molecular formula is C16H19N5OS. The van der Waals surface area contributed by atoms with E-state index >= 15 is 0 Å². The molecule has 0 fully saturated rings. The van der Waals surface area contributed by atoms with Crippen molar-refractivity contribution >= 4 is 27.3 Å². The summed E-state index contributed by atoms with van der Waals surface area (Å²) in [7, 11) is 0. The van der Waals surface area contributed by atoms with Crippen molar-refractivity contribution in [1.82, 2.24) is 14.6 Å². The van der Waals surface area contributed by atoms with E-state index in [0.717, 1.165) is 21.3 Å². The summed E-state index contributed by atoms with van der Waals surface area (Å²) in [4.78, 5) is 16.5. The number of aromatic nitrogens is 3. The molecule has 0 saturated heterocycles. The number of nitrogens with zero attached hydrogens (tertiary/aromatic N) is 3. The predicted molar refractivity (Wildman–Crippen MR) is 91.9 cm³/mol. The van der Waals surface area contributed by atoms with Crippen molar-refractivity contribution in [2.45, 2.75) is 32.7 Å². The van der Waals surface area contributed by atoms with Gasteiger partial charge in [-0.25, -0.2) is 9.50 Å². The SMILES string of the molecule is CC(C)(C)c1cn2nc(NCc3ccc(C(N)=O)cc3)sc2n1. The third-order valence-electron chi connectivity index (χ3n) is 3.49. The largest absolute Gasteiger partial charge is 0.366 e. The number of rotatable bonds is 4. The maximum Gasteiger partial charge on any atom is 0.248 e. The summed E-state index contributed by atoms with van der Waals surface area (Å²) in [6.07, 6.45) is 1.97. The van der Waals surface area contributed by atoms with Crippen molar-refractivity contribution in [1.29, 1.82) is 0 Å². The Hall–Kier alpha value is -2.41. The predicted octanol–water partition coefficient (Wildman–Crippen LogP) is 2.80. The molecule has 0 aliphatic rings. The lowest BCUT2D eigenvalue weighted by atomic mass is 9.93. The Labute approximate surface area is 138 Å². The van der Waals surface area contributed by atoms with Gasteiger partial charge in [0.25, 0.3) is 0 Å². The van der Waals surface area contributed by atoms with Crippen LogP contribution in [0.2, 0.25) is 0 Å². The molecule has 3 rings (SSSR count). The van der Waals surface area contributed by atoms with E-state index in [0.29, 0.717) is 12.1 Å². The number of hydrogen-bond donors (Lipinski definition) is 2. The second kappa shape index (κ2) is 5.66. The summed E-state index contributed by atoms with van der Waals surface area (Å²) in [6.45, 7) is 7.03. The van der Waals surface area contributed by atoms with Crippen LogP contribution in [0.25, 0.3) is 4.96 Å². The van der Waals surface area contributed by atoms with Gasteiger partial charge in [0.15, 0.2) is 0 Å². The van der Waals surface area contributed by atoms with Crippen molar-refractivity contribution in [3.63, 3.8) is 0 Å². The molecule has 3 aromatic rings. The molecule has 3 N–H and O–H groups in total. The van der Waals surface area contributed by atoms with E-state index in [1.807, 2.05) is 22.8 Å². The number of imidazole rings is 1. The highest BCUT2D eigenvalue weighted by Gasteiger charge is 2.19. The van der Waals surface area contributed by atoms with Crippen molar-refractivity contribution in [2.75, 3.05) is 5.32 Å². The van der Waals surface area contributed by atoms with E-state index in [4.69, 9.17) is 5.73 Å². The van der Waals surface area contributed by atoms with Crippen LogP contribution in [-0.4, -0.2) is 20.5 Å². The molecule has 0 aliphatic carbocycles. The highest BCUT2D eigenvalue weighted by atomic mass is 32.1. The third kappa shape index (κ3) is 3.34. The number of hydrogen-bond acceptors (Lipinski definition) is 5. The standard InChI is InChI=1S/C16H19N5OS/c1-16(2,3)12-9-21-15(19-12)23-14(20-21)18-8-10-4-6-11(7-5-10)13(17)22/h4-7,9H,8H2,1-3H3,(H2,17,22)(H,18,20). The van der Waals surface area contributed by atoms with Gasteiger partial charge < -0.3 is 11.1 Å². The van der Waals surface area contributed by atoms with Gasteiger partial charge in [0.1, 0.15) is 0 Å². The number of benzene rings is 1. The monoisotopic (exact) mass is 329 g/mol. The van der Waals surface area contributed by atoms with Crippen LogP contribution >= 0.6 is 11.3 Å². The van der Waals surface area contributed by atoms with Crippen molar-refractivity contribution in [3.05, 3.63) is 47.3 Å². The molecule has 23 heavy (non-hydrogen) atoms. The van der Waals surface area contributed by atoms with Crippen LogP contribution in [0.15, 0.2) is 30.5 Å². The first-order valence-electron chi connectivity index (χ1n) is 7.32. The van der Waals surface area contributed by atoms with Crippen LogP contribution in [0.5, 0.6) is 0 Å². The number of primary amides is 1. The second-order valence-electron chi connectivity index (χ2n) is 6.43. The smallest absolute Gasteiger partial charge is 0.248 e. The Morgan fingerprint density at radius 1 is 1.30 bits per heavy atom. The van der Waals surface area contributed by atoms with Gasteiger partial charge >= 0.3 is 0 Å². The lowest BCUT2D eigenvalue weighted by molar-refractivity contribution is 0.100. The molecule has 0 atom stereocenters. The fourth-order valence-electron chi connectivity index (χ4n) is 2.10. The zero-order valence-electron chi connectivity index (χ0n) is 13.3. The second-order valence-corrected chi connectivity index (χ2v) is 7.38. The maximum absolute atomic E-state index is 11.0. The molecule has 1 aromatic carbocycles.